The summed E-state index contributed by atoms with van der Waals surface area (Å²) in [6, 6.07) is 11.9. The van der Waals surface area contributed by atoms with Crippen LogP contribution in [0.5, 0.6) is 11.5 Å². The standard InChI is InChI=1S/C27H32N4O5/c1-18-4-7-21(8-5-18)28-27(34)31-14-10-19(11-15-31)24(26(33)30-12-2-3-13-30)29-25(32)20-6-9-22-23(16-20)36-17-35-22/h4-9,16,19,24H,2-3,10-15,17H2,1H3,(H,28,34)(H,29,32). The van der Waals surface area contributed by atoms with E-state index in [4.69, 9.17) is 9.47 Å². The lowest BCUT2D eigenvalue weighted by Gasteiger charge is -2.37. The summed E-state index contributed by atoms with van der Waals surface area (Å²) in [5.74, 6) is 0.722. The van der Waals surface area contributed by atoms with E-state index >= 15 is 0 Å². The number of fused-ring (bicyclic) bond motifs is 1. The molecule has 36 heavy (non-hydrogen) atoms. The first-order valence-electron chi connectivity index (χ1n) is 12.6. The summed E-state index contributed by atoms with van der Waals surface area (Å²) in [4.78, 5) is 43.0. The van der Waals surface area contributed by atoms with Crippen molar-refractivity contribution < 1.29 is 23.9 Å². The minimum atomic E-state index is -0.636. The first kappa shape index (κ1) is 24.0. The molecule has 2 N–H and O–H groups in total. The molecular weight excluding hydrogens is 460 g/mol. The van der Waals surface area contributed by atoms with Crippen molar-refractivity contribution in [1.29, 1.82) is 0 Å². The molecule has 9 heteroatoms. The average Bonchev–Trinajstić information content (AvgIpc) is 3.60. The Hall–Kier alpha value is -3.75. The number of hydrogen-bond donors (Lipinski definition) is 2. The van der Waals surface area contributed by atoms with E-state index in [9.17, 15) is 14.4 Å². The summed E-state index contributed by atoms with van der Waals surface area (Å²) in [5.41, 5.74) is 2.31. The largest absolute Gasteiger partial charge is 0.454 e. The molecule has 3 aliphatic rings. The number of urea groups is 1. The smallest absolute Gasteiger partial charge is 0.321 e. The first-order valence-corrected chi connectivity index (χ1v) is 12.6. The van der Waals surface area contributed by atoms with Crippen LogP contribution in [-0.2, 0) is 4.79 Å². The second-order valence-corrected chi connectivity index (χ2v) is 9.67. The van der Waals surface area contributed by atoms with E-state index in [1.54, 1.807) is 23.1 Å². The van der Waals surface area contributed by atoms with Crippen molar-refractivity contribution in [2.24, 2.45) is 5.92 Å². The average molecular weight is 493 g/mol. The van der Waals surface area contributed by atoms with Gasteiger partial charge < -0.3 is 29.9 Å². The van der Waals surface area contributed by atoms with Gasteiger partial charge in [-0.1, -0.05) is 17.7 Å². The van der Waals surface area contributed by atoms with Crippen molar-refractivity contribution in [3.05, 3.63) is 53.6 Å². The number of rotatable bonds is 5. The molecule has 5 rings (SSSR count). The summed E-state index contributed by atoms with van der Waals surface area (Å²) in [7, 11) is 0. The van der Waals surface area contributed by atoms with Crippen LogP contribution < -0.4 is 20.1 Å². The lowest BCUT2D eigenvalue weighted by molar-refractivity contribution is -0.134. The van der Waals surface area contributed by atoms with E-state index in [1.807, 2.05) is 36.1 Å². The van der Waals surface area contributed by atoms with E-state index < -0.39 is 6.04 Å². The Morgan fingerprint density at radius 1 is 0.889 bits per heavy atom. The molecule has 2 fully saturated rings. The Labute approximate surface area is 210 Å². The summed E-state index contributed by atoms with van der Waals surface area (Å²) >= 11 is 0. The van der Waals surface area contributed by atoms with Crippen molar-refractivity contribution >= 4 is 23.5 Å². The van der Waals surface area contributed by atoms with Crippen molar-refractivity contribution in [3.8, 4) is 11.5 Å². The predicted molar refractivity (Wildman–Crippen MR) is 134 cm³/mol. The van der Waals surface area contributed by atoms with Gasteiger partial charge in [-0.3, -0.25) is 9.59 Å². The fraction of sp³-hybridized carbons (Fsp3) is 0.444. The first-order chi connectivity index (χ1) is 17.5. The number of piperidine rings is 1. The van der Waals surface area contributed by atoms with Gasteiger partial charge in [0.1, 0.15) is 6.04 Å². The van der Waals surface area contributed by atoms with Crippen LogP contribution in [0.3, 0.4) is 0 Å². The minimum absolute atomic E-state index is 0.0378. The van der Waals surface area contributed by atoms with E-state index in [2.05, 4.69) is 10.6 Å². The van der Waals surface area contributed by atoms with Gasteiger partial charge in [0, 0.05) is 37.4 Å². The lowest BCUT2D eigenvalue weighted by Crippen LogP contribution is -2.54. The number of nitrogens with zero attached hydrogens (tertiary/aromatic N) is 2. The highest BCUT2D eigenvalue weighted by atomic mass is 16.7. The van der Waals surface area contributed by atoms with Crippen molar-refractivity contribution in [3.63, 3.8) is 0 Å². The van der Waals surface area contributed by atoms with Crippen molar-refractivity contribution in [2.75, 3.05) is 38.3 Å². The van der Waals surface area contributed by atoms with Gasteiger partial charge in [-0.15, -0.1) is 0 Å². The third-order valence-electron chi connectivity index (χ3n) is 7.21. The number of nitrogens with one attached hydrogen (secondary N) is 2. The van der Waals surface area contributed by atoms with Crippen LogP contribution in [-0.4, -0.2) is 66.7 Å². The van der Waals surface area contributed by atoms with Crippen LogP contribution in [0.25, 0.3) is 0 Å². The van der Waals surface area contributed by atoms with Crippen LogP contribution in [0.1, 0.15) is 41.6 Å². The maximum absolute atomic E-state index is 13.5. The molecule has 190 valence electrons. The van der Waals surface area contributed by atoms with Crippen molar-refractivity contribution in [2.45, 2.75) is 38.6 Å². The number of ether oxygens (including phenoxy) is 2. The highest BCUT2D eigenvalue weighted by molar-refractivity contribution is 5.98. The Morgan fingerprint density at radius 3 is 2.31 bits per heavy atom. The van der Waals surface area contributed by atoms with Gasteiger partial charge in [0.25, 0.3) is 5.91 Å². The second kappa shape index (κ2) is 10.5. The van der Waals surface area contributed by atoms with E-state index in [-0.39, 0.29) is 30.6 Å². The highest BCUT2D eigenvalue weighted by Gasteiger charge is 2.37. The molecule has 3 aliphatic heterocycles. The normalized spacial score (nSPS) is 18.1. The van der Waals surface area contributed by atoms with Crippen LogP contribution in [0.15, 0.2) is 42.5 Å². The number of benzene rings is 2. The molecule has 0 bridgehead atoms. The number of likely N-dealkylation sites (tertiary alicyclic amines) is 2. The van der Waals surface area contributed by atoms with Gasteiger partial charge in [0.2, 0.25) is 12.7 Å². The molecule has 9 nitrogen and oxygen atoms in total. The number of carbonyl (C=O) groups is 3. The van der Waals surface area contributed by atoms with E-state index in [0.29, 0.717) is 56.1 Å². The quantitative estimate of drug-likeness (QED) is 0.667. The number of aryl methyl sites for hydroxylation is 1. The fourth-order valence-corrected chi connectivity index (χ4v) is 5.05. The maximum Gasteiger partial charge on any atom is 0.321 e. The third kappa shape index (κ3) is 5.24. The molecule has 1 atom stereocenters. The SMILES string of the molecule is Cc1ccc(NC(=O)N2CCC(C(NC(=O)c3ccc4c(c3)OCO4)C(=O)N3CCCC3)CC2)cc1. The molecule has 0 aliphatic carbocycles. The van der Waals surface area contributed by atoms with Crippen molar-refractivity contribution in [1.82, 2.24) is 15.1 Å². The monoisotopic (exact) mass is 492 g/mol. The van der Waals surface area contributed by atoms with Gasteiger partial charge in [-0.05, 0) is 68.9 Å². The lowest BCUT2D eigenvalue weighted by atomic mass is 9.88. The van der Waals surface area contributed by atoms with Crippen LogP contribution in [0, 0.1) is 12.8 Å². The molecule has 0 spiro atoms. The summed E-state index contributed by atoms with van der Waals surface area (Å²) in [6.45, 7) is 4.60. The maximum atomic E-state index is 13.5. The molecule has 4 amide bonds. The molecule has 2 saturated heterocycles. The van der Waals surface area contributed by atoms with Gasteiger partial charge in [0.15, 0.2) is 11.5 Å². The Morgan fingerprint density at radius 2 is 1.58 bits per heavy atom. The number of hydrogen-bond acceptors (Lipinski definition) is 5. The van der Waals surface area contributed by atoms with Crippen LogP contribution in [0.4, 0.5) is 10.5 Å². The zero-order valence-corrected chi connectivity index (χ0v) is 20.5. The van der Waals surface area contributed by atoms with Gasteiger partial charge in [-0.2, -0.15) is 0 Å². The summed E-state index contributed by atoms with van der Waals surface area (Å²) in [6.07, 6.45) is 3.22. The van der Waals surface area contributed by atoms with Crippen LogP contribution >= 0.6 is 0 Å². The fourth-order valence-electron chi connectivity index (χ4n) is 5.05. The Balaban J connectivity index is 1.24. The Bertz CT molecular complexity index is 1120. The number of amides is 4. The van der Waals surface area contributed by atoms with E-state index in [0.717, 1.165) is 24.1 Å². The zero-order valence-electron chi connectivity index (χ0n) is 20.5. The topological polar surface area (TPSA) is 100 Å². The molecule has 1 unspecified atom stereocenters. The van der Waals surface area contributed by atoms with Gasteiger partial charge in [0.05, 0.1) is 0 Å². The summed E-state index contributed by atoms with van der Waals surface area (Å²) in [5, 5.41) is 5.96. The molecule has 3 heterocycles. The molecule has 0 saturated carbocycles. The number of anilines is 1. The number of carbonyl (C=O) groups excluding carboxylic acids is 3. The van der Waals surface area contributed by atoms with E-state index in [1.165, 1.54) is 0 Å². The second-order valence-electron chi connectivity index (χ2n) is 9.67. The molecule has 2 aromatic carbocycles. The molecular formula is C27H32N4O5. The minimum Gasteiger partial charge on any atom is -0.454 e. The van der Waals surface area contributed by atoms with Gasteiger partial charge >= 0.3 is 6.03 Å². The Kier molecular flexibility index (Phi) is 6.97. The zero-order chi connectivity index (χ0) is 25.1. The molecule has 2 aromatic rings. The summed E-state index contributed by atoms with van der Waals surface area (Å²) < 4.78 is 10.7. The highest BCUT2D eigenvalue weighted by Crippen LogP contribution is 2.33. The van der Waals surface area contributed by atoms with Gasteiger partial charge in [-0.25, -0.2) is 4.79 Å². The van der Waals surface area contributed by atoms with Crippen LogP contribution in [0.2, 0.25) is 0 Å². The predicted octanol–water partition coefficient (Wildman–Crippen LogP) is 3.39. The molecule has 0 aromatic heterocycles. The third-order valence-corrected chi connectivity index (χ3v) is 7.21. The molecule has 0 radical (unpaired) electrons.